The number of aryl methyl sites for hydroxylation is 1. The fraction of sp³-hybridized carbons (Fsp3) is 0.120. The van der Waals surface area contributed by atoms with E-state index >= 15 is 0 Å². The molecule has 5 aromatic rings. The molecule has 4 aromatic heterocycles. The molecule has 6 nitrogen and oxygen atoms in total. The van der Waals surface area contributed by atoms with Gasteiger partial charge in [-0.2, -0.15) is 13.2 Å². The third-order valence-corrected chi connectivity index (χ3v) is 5.93. The van der Waals surface area contributed by atoms with Gasteiger partial charge in [0, 0.05) is 34.9 Å². The summed E-state index contributed by atoms with van der Waals surface area (Å²) >= 11 is 6.08. The number of nitrogens with zero attached hydrogens (tertiary/aromatic N) is 5. The number of hydrogen-bond donors (Lipinski definition) is 0. The molecule has 0 atom stereocenters. The van der Waals surface area contributed by atoms with Crippen LogP contribution in [0.4, 0.5) is 13.2 Å². The minimum Gasteiger partial charge on any atom is -0.265 e. The zero-order valence-electron chi connectivity index (χ0n) is 18.3. The zero-order chi connectivity index (χ0) is 24.7. The van der Waals surface area contributed by atoms with Gasteiger partial charge in [0.1, 0.15) is 5.69 Å². The van der Waals surface area contributed by atoms with Crippen LogP contribution in [0.25, 0.3) is 27.9 Å². The topological polar surface area (TPSA) is 65.1 Å². The number of pyridine rings is 3. The first-order valence-electron chi connectivity index (χ1n) is 10.5. The van der Waals surface area contributed by atoms with Crippen LogP contribution in [-0.2, 0) is 12.7 Å². The maximum Gasteiger partial charge on any atom is 0.433 e. The number of alkyl halides is 3. The molecule has 1 aromatic carbocycles. The fourth-order valence-corrected chi connectivity index (χ4v) is 4.17. The lowest BCUT2D eigenvalue weighted by atomic mass is 9.94. The highest BCUT2D eigenvalue weighted by molar-refractivity contribution is 6.30. The molecule has 0 saturated carbocycles. The van der Waals surface area contributed by atoms with E-state index in [2.05, 4.69) is 15.1 Å². The van der Waals surface area contributed by atoms with Crippen LogP contribution in [0.15, 0.2) is 78.0 Å². The number of hydrogen-bond acceptors (Lipinski definition) is 4. The highest BCUT2D eigenvalue weighted by Crippen LogP contribution is 2.35. The third-order valence-electron chi connectivity index (χ3n) is 5.68. The summed E-state index contributed by atoms with van der Waals surface area (Å²) in [7, 11) is 0. The molecule has 0 aliphatic rings. The summed E-state index contributed by atoms with van der Waals surface area (Å²) in [5, 5.41) is 5.06. The normalized spacial score (nSPS) is 11.8. The Morgan fingerprint density at radius 1 is 0.971 bits per heavy atom. The van der Waals surface area contributed by atoms with E-state index in [1.807, 2.05) is 37.3 Å². The minimum absolute atomic E-state index is 0.0219. The molecule has 5 rings (SSSR count). The van der Waals surface area contributed by atoms with Crippen LogP contribution in [0.1, 0.15) is 17.0 Å². The number of aromatic nitrogens is 5. The van der Waals surface area contributed by atoms with Crippen LogP contribution in [-0.4, -0.2) is 24.1 Å². The first-order valence-corrected chi connectivity index (χ1v) is 10.9. The van der Waals surface area contributed by atoms with Gasteiger partial charge in [0.2, 0.25) is 0 Å². The van der Waals surface area contributed by atoms with Crippen LogP contribution in [0.2, 0.25) is 5.02 Å². The van der Waals surface area contributed by atoms with Crippen molar-refractivity contribution in [1.29, 1.82) is 0 Å². The first-order chi connectivity index (χ1) is 16.7. The van der Waals surface area contributed by atoms with Crippen molar-refractivity contribution in [2.45, 2.75) is 19.6 Å². The van der Waals surface area contributed by atoms with Crippen LogP contribution in [0.3, 0.4) is 0 Å². The van der Waals surface area contributed by atoms with Gasteiger partial charge in [0.05, 0.1) is 6.54 Å². The Morgan fingerprint density at radius 2 is 1.69 bits per heavy atom. The van der Waals surface area contributed by atoms with Crippen molar-refractivity contribution >= 4 is 17.2 Å². The molecule has 0 amide bonds. The Morgan fingerprint density at radius 3 is 2.31 bits per heavy atom. The van der Waals surface area contributed by atoms with E-state index in [0.717, 1.165) is 34.5 Å². The highest BCUT2D eigenvalue weighted by atomic mass is 35.5. The Hall–Kier alpha value is -3.98. The predicted octanol–water partition coefficient (Wildman–Crippen LogP) is 5.65. The second-order valence-electron chi connectivity index (χ2n) is 7.94. The van der Waals surface area contributed by atoms with Crippen molar-refractivity contribution in [2.24, 2.45) is 0 Å². The van der Waals surface area contributed by atoms with Crippen molar-refractivity contribution in [3.05, 3.63) is 106 Å². The van der Waals surface area contributed by atoms with E-state index in [1.165, 1.54) is 15.1 Å². The predicted molar refractivity (Wildman–Crippen MR) is 126 cm³/mol. The molecule has 176 valence electrons. The SMILES string of the molecule is Cc1c(-c2ccncc2)c(-c2ccc(Cl)cc2)cc2nn(Cc3ccc(C(F)(F)F)nc3)c(=O)n12. The molecular weight excluding hydrogens is 479 g/mol. The average molecular weight is 496 g/mol. The van der Waals surface area contributed by atoms with Gasteiger partial charge < -0.3 is 0 Å². The average Bonchev–Trinajstić information content (AvgIpc) is 3.15. The van der Waals surface area contributed by atoms with Gasteiger partial charge >= 0.3 is 11.9 Å². The summed E-state index contributed by atoms with van der Waals surface area (Å²) in [6.07, 6.45) is -0.0759. The van der Waals surface area contributed by atoms with Crippen molar-refractivity contribution in [1.82, 2.24) is 24.1 Å². The quantitative estimate of drug-likeness (QED) is 0.323. The fourth-order valence-electron chi connectivity index (χ4n) is 4.04. The summed E-state index contributed by atoms with van der Waals surface area (Å²) in [6, 6.07) is 15.1. The number of halogens is 4. The standard InChI is InChI=1S/C25H17ClF3N5O/c1-15-23(18-8-10-30-11-9-18)20(17-3-5-19(26)6-4-17)12-22-32-33(24(35)34(15)22)14-16-2-7-21(31-13-16)25(27,28)29/h2-13H,14H2,1H3. The third kappa shape index (κ3) is 4.30. The largest absolute Gasteiger partial charge is 0.433 e. The molecule has 0 spiro atoms. The molecular formula is C25H17ClF3N5O. The lowest BCUT2D eigenvalue weighted by Gasteiger charge is -2.14. The Balaban J connectivity index is 1.66. The zero-order valence-corrected chi connectivity index (χ0v) is 19.0. The lowest BCUT2D eigenvalue weighted by Crippen LogP contribution is -2.23. The van der Waals surface area contributed by atoms with Gasteiger partial charge in [-0.3, -0.25) is 9.97 Å². The van der Waals surface area contributed by atoms with Gasteiger partial charge in [0.25, 0.3) is 0 Å². The van der Waals surface area contributed by atoms with Gasteiger partial charge in [-0.25, -0.2) is 13.9 Å². The van der Waals surface area contributed by atoms with Crippen molar-refractivity contribution in [3.63, 3.8) is 0 Å². The van der Waals surface area contributed by atoms with Crippen LogP contribution < -0.4 is 5.69 Å². The summed E-state index contributed by atoms with van der Waals surface area (Å²) in [4.78, 5) is 20.8. The first kappa shape index (κ1) is 22.8. The highest BCUT2D eigenvalue weighted by Gasteiger charge is 2.32. The smallest absolute Gasteiger partial charge is 0.265 e. The maximum absolute atomic E-state index is 13.3. The summed E-state index contributed by atoms with van der Waals surface area (Å²) < 4.78 is 41.2. The molecule has 10 heteroatoms. The number of benzene rings is 1. The molecule has 35 heavy (non-hydrogen) atoms. The summed E-state index contributed by atoms with van der Waals surface area (Å²) in [5.41, 5.74) is 3.55. The molecule has 0 unspecified atom stereocenters. The minimum atomic E-state index is -4.53. The maximum atomic E-state index is 13.3. The van der Waals surface area contributed by atoms with Gasteiger partial charge in [0.15, 0.2) is 5.65 Å². The van der Waals surface area contributed by atoms with Gasteiger partial charge in [-0.05, 0) is 65.6 Å². The molecule has 0 fully saturated rings. The second-order valence-corrected chi connectivity index (χ2v) is 8.38. The molecule has 0 saturated heterocycles. The summed E-state index contributed by atoms with van der Waals surface area (Å²) in [5.74, 6) is 0. The molecule has 0 radical (unpaired) electrons. The molecule has 0 N–H and O–H groups in total. The Kier molecular flexibility index (Phi) is 5.64. The molecule has 4 heterocycles. The Bertz CT molecular complexity index is 1580. The number of fused-ring (bicyclic) bond motifs is 1. The number of rotatable bonds is 4. The molecule has 0 aliphatic carbocycles. The molecule has 0 aliphatic heterocycles. The van der Waals surface area contributed by atoms with Crippen molar-refractivity contribution in [2.75, 3.05) is 0 Å². The van der Waals surface area contributed by atoms with E-state index in [-0.39, 0.29) is 6.54 Å². The van der Waals surface area contributed by atoms with E-state index in [4.69, 9.17) is 11.6 Å². The Labute approximate surface area is 202 Å². The summed E-state index contributed by atoms with van der Waals surface area (Å²) in [6.45, 7) is 1.81. The van der Waals surface area contributed by atoms with E-state index in [1.54, 1.807) is 24.5 Å². The molecule has 0 bridgehead atoms. The van der Waals surface area contributed by atoms with Crippen LogP contribution in [0, 0.1) is 6.92 Å². The van der Waals surface area contributed by atoms with Gasteiger partial charge in [-0.1, -0.05) is 29.8 Å². The monoisotopic (exact) mass is 495 g/mol. The van der Waals surface area contributed by atoms with Crippen molar-refractivity contribution in [3.8, 4) is 22.3 Å². The van der Waals surface area contributed by atoms with Crippen molar-refractivity contribution < 1.29 is 13.2 Å². The lowest BCUT2D eigenvalue weighted by molar-refractivity contribution is -0.141. The van der Waals surface area contributed by atoms with E-state index < -0.39 is 17.6 Å². The van der Waals surface area contributed by atoms with Gasteiger partial charge in [-0.15, -0.1) is 5.10 Å². The van der Waals surface area contributed by atoms with E-state index in [0.29, 0.717) is 21.9 Å². The van der Waals surface area contributed by atoms with Crippen LogP contribution in [0.5, 0.6) is 0 Å². The van der Waals surface area contributed by atoms with Crippen LogP contribution >= 0.6 is 11.6 Å². The second kappa shape index (κ2) is 8.66. The van der Waals surface area contributed by atoms with E-state index in [9.17, 15) is 18.0 Å².